The van der Waals surface area contributed by atoms with Crippen molar-refractivity contribution in [2.24, 2.45) is 10.9 Å². The van der Waals surface area contributed by atoms with Crippen LogP contribution in [-0.4, -0.2) is 41.6 Å². The standard InChI is InChI=1S/C24H36N4O3/c1-15(2)14-28(19-8-6-5-7-9-19)21-11-10-18(16(3)12-22(29)30)13-20(21)26-24-25-17(4)23(31)27-24/h10-11,13,15-17,19H,5-9,12,14H2,1-4H3,(H,29,30)(H2,25,26,27,31)/t16?,17-/m1/s1. The molecule has 1 aliphatic heterocycles. The molecule has 1 heterocycles. The highest BCUT2D eigenvalue weighted by Gasteiger charge is 2.27. The van der Waals surface area contributed by atoms with Gasteiger partial charge >= 0.3 is 5.97 Å². The molecule has 1 saturated carbocycles. The molecule has 7 heteroatoms. The van der Waals surface area contributed by atoms with Crippen LogP contribution in [0.3, 0.4) is 0 Å². The fraction of sp³-hybridized carbons (Fsp3) is 0.625. The number of hydrogen-bond donors (Lipinski definition) is 3. The molecular formula is C24H36N4O3. The van der Waals surface area contributed by atoms with Crippen molar-refractivity contribution < 1.29 is 14.7 Å². The number of carbonyl (C=O) groups excluding carboxylic acids is 1. The van der Waals surface area contributed by atoms with Gasteiger partial charge in [0.25, 0.3) is 5.91 Å². The van der Waals surface area contributed by atoms with E-state index in [1.54, 1.807) is 6.92 Å². The lowest BCUT2D eigenvalue weighted by molar-refractivity contribution is -0.137. The van der Waals surface area contributed by atoms with Crippen LogP contribution < -0.4 is 15.5 Å². The molecule has 170 valence electrons. The third kappa shape index (κ3) is 5.99. The predicted octanol–water partition coefficient (Wildman–Crippen LogP) is 4.35. The first-order valence-corrected chi connectivity index (χ1v) is 11.5. The molecule has 1 unspecified atom stereocenters. The summed E-state index contributed by atoms with van der Waals surface area (Å²) in [5.41, 5.74) is 2.91. The molecule has 1 aromatic rings. The van der Waals surface area contributed by atoms with Crippen molar-refractivity contribution >= 4 is 29.2 Å². The Morgan fingerprint density at radius 3 is 2.55 bits per heavy atom. The summed E-state index contributed by atoms with van der Waals surface area (Å²) in [7, 11) is 0. The van der Waals surface area contributed by atoms with Gasteiger partial charge in [-0.15, -0.1) is 0 Å². The minimum absolute atomic E-state index is 0.0752. The number of carboxylic acid groups (broad SMARTS) is 1. The largest absolute Gasteiger partial charge is 0.481 e. The SMILES string of the molecule is CC(C)CN(c1ccc(C(C)CC(=O)O)cc1NC1=NC(=O)[C@@H](C)N1)C1CCCCC1. The Hall–Kier alpha value is -2.57. The number of guanidine groups is 1. The first-order chi connectivity index (χ1) is 14.7. The fourth-order valence-electron chi connectivity index (χ4n) is 4.52. The molecule has 0 spiro atoms. The summed E-state index contributed by atoms with van der Waals surface area (Å²) in [5, 5.41) is 15.7. The second kappa shape index (κ2) is 10.2. The smallest absolute Gasteiger partial charge is 0.303 e. The van der Waals surface area contributed by atoms with Crippen LogP contribution in [0.2, 0.25) is 0 Å². The Kier molecular flexibility index (Phi) is 7.57. The zero-order chi connectivity index (χ0) is 22.5. The summed E-state index contributed by atoms with van der Waals surface area (Å²) in [4.78, 5) is 29.8. The average Bonchev–Trinajstić information content (AvgIpc) is 3.03. The number of aliphatic carboxylic acids is 1. The van der Waals surface area contributed by atoms with Crippen LogP contribution in [0.1, 0.15) is 77.7 Å². The van der Waals surface area contributed by atoms with Crippen molar-refractivity contribution in [1.82, 2.24) is 5.32 Å². The molecule has 2 aliphatic rings. The number of amides is 1. The fourth-order valence-corrected chi connectivity index (χ4v) is 4.52. The number of anilines is 2. The third-order valence-corrected chi connectivity index (χ3v) is 6.16. The van der Waals surface area contributed by atoms with E-state index >= 15 is 0 Å². The van der Waals surface area contributed by atoms with Crippen molar-refractivity contribution in [3.05, 3.63) is 23.8 Å². The van der Waals surface area contributed by atoms with E-state index < -0.39 is 5.97 Å². The Morgan fingerprint density at radius 2 is 1.97 bits per heavy atom. The van der Waals surface area contributed by atoms with E-state index in [4.69, 9.17) is 0 Å². The lowest BCUT2D eigenvalue weighted by atomic mass is 9.92. The van der Waals surface area contributed by atoms with E-state index in [9.17, 15) is 14.7 Å². The van der Waals surface area contributed by atoms with Gasteiger partial charge in [-0.25, -0.2) is 0 Å². The molecular weight excluding hydrogens is 392 g/mol. The van der Waals surface area contributed by atoms with Crippen LogP contribution in [-0.2, 0) is 9.59 Å². The maximum atomic E-state index is 11.9. The maximum Gasteiger partial charge on any atom is 0.303 e. The predicted molar refractivity (Wildman–Crippen MR) is 125 cm³/mol. The monoisotopic (exact) mass is 428 g/mol. The van der Waals surface area contributed by atoms with Gasteiger partial charge in [-0.1, -0.05) is 46.1 Å². The van der Waals surface area contributed by atoms with Crippen molar-refractivity contribution in [2.45, 2.75) is 84.2 Å². The molecule has 1 aromatic carbocycles. The van der Waals surface area contributed by atoms with Gasteiger partial charge in [0, 0.05) is 12.6 Å². The maximum absolute atomic E-state index is 11.9. The van der Waals surface area contributed by atoms with E-state index in [0.717, 1.165) is 23.5 Å². The van der Waals surface area contributed by atoms with Gasteiger partial charge in [-0.05, 0) is 49.3 Å². The molecule has 0 saturated heterocycles. The lowest BCUT2D eigenvalue weighted by Gasteiger charge is -2.38. The number of carbonyl (C=O) groups is 2. The molecule has 1 amide bonds. The highest BCUT2D eigenvalue weighted by atomic mass is 16.4. The summed E-state index contributed by atoms with van der Waals surface area (Å²) >= 11 is 0. The molecule has 0 bridgehead atoms. The van der Waals surface area contributed by atoms with Crippen LogP contribution in [0, 0.1) is 5.92 Å². The van der Waals surface area contributed by atoms with E-state index in [0.29, 0.717) is 17.9 Å². The summed E-state index contributed by atoms with van der Waals surface area (Å²) < 4.78 is 0. The average molecular weight is 429 g/mol. The van der Waals surface area contributed by atoms with Gasteiger partial charge in [-0.3, -0.25) is 9.59 Å². The second-order valence-corrected chi connectivity index (χ2v) is 9.40. The van der Waals surface area contributed by atoms with Gasteiger partial charge in [0.15, 0.2) is 0 Å². The second-order valence-electron chi connectivity index (χ2n) is 9.40. The van der Waals surface area contributed by atoms with Crippen molar-refractivity contribution in [3.8, 4) is 0 Å². The van der Waals surface area contributed by atoms with Gasteiger partial charge in [0.1, 0.15) is 6.04 Å². The Balaban J connectivity index is 1.98. The van der Waals surface area contributed by atoms with E-state index in [2.05, 4.69) is 40.4 Å². The summed E-state index contributed by atoms with van der Waals surface area (Å²) in [6.45, 7) is 9.12. The normalized spacial score (nSPS) is 20.4. The van der Waals surface area contributed by atoms with Crippen LogP contribution in [0.4, 0.5) is 11.4 Å². The highest BCUT2D eigenvalue weighted by Crippen LogP contribution is 2.36. The molecule has 3 N–H and O–H groups in total. The topological polar surface area (TPSA) is 94.0 Å². The molecule has 2 atom stereocenters. The minimum atomic E-state index is -0.809. The number of rotatable bonds is 8. The van der Waals surface area contributed by atoms with Crippen molar-refractivity contribution in [3.63, 3.8) is 0 Å². The molecule has 0 radical (unpaired) electrons. The minimum Gasteiger partial charge on any atom is -0.481 e. The van der Waals surface area contributed by atoms with Crippen LogP contribution >= 0.6 is 0 Å². The van der Waals surface area contributed by atoms with Crippen LogP contribution in [0.15, 0.2) is 23.2 Å². The summed E-state index contributed by atoms with van der Waals surface area (Å²) in [6, 6.07) is 6.31. The number of benzene rings is 1. The van der Waals surface area contributed by atoms with E-state index in [1.165, 1.54) is 32.1 Å². The van der Waals surface area contributed by atoms with Gasteiger partial charge in [0.2, 0.25) is 5.96 Å². The van der Waals surface area contributed by atoms with Crippen LogP contribution in [0.25, 0.3) is 0 Å². The highest BCUT2D eigenvalue weighted by molar-refractivity contribution is 6.09. The quantitative estimate of drug-likeness (QED) is 0.570. The van der Waals surface area contributed by atoms with Gasteiger partial charge in [0.05, 0.1) is 17.8 Å². The summed E-state index contributed by atoms with van der Waals surface area (Å²) in [5.74, 6) is -0.153. The number of aliphatic imine (C=N–C) groups is 1. The third-order valence-electron chi connectivity index (χ3n) is 6.16. The molecule has 1 fully saturated rings. The lowest BCUT2D eigenvalue weighted by Crippen LogP contribution is -2.40. The molecule has 7 nitrogen and oxygen atoms in total. The van der Waals surface area contributed by atoms with Crippen LogP contribution in [0.5, 0.6) is 0 Å². The summed E-state index contributed by atoms with van der Waals surface area (Å²) in [6.07, 6.45) is 6.22. The number of carboxylic acids is 1. The molecule has 31 heavy (non-hydrogen) atoms. The molecule has 3 rings (SSSR count). The zero-order valence-electron chi connectivity index (χ0n) is 19.1. The Morgan fingerprint density at radius 1 is 1.26 bits per heavy atom. The first kappa shape index (κ1) is 23.1. The van der Waals surface area contributed by atoms with Gasteiger partial charge in [-0.2, -0.15) is 4.99 Å². The zero-order valence-corrected chi connectivity index (χ0v) is 19.1. The molecule has 0 aromatic heterocycles. The van der Waals surface area contributed by atoms with Gasteiger partial charge < -0.3 is 20.6 Å². The Bertz CT molecular complexity index is 830. The number of nitrogens with one attached hydrogen (secondary N) is 2. The number of nitrogens with zero attached hydrogens (tertiary/aromatic N) is 2. The van der Waals surface area contributed by atoms with E-state index in [-0.39, 0.29) is 24.3 Å². The molecule has 1 aliphatic carbocycles. The Labute approximate surface area is 185 Å². The van der Waals surface area contributed by atoms with Crippen molar-refractivity contribution in [1.29, 1.82) is 0 Å². The first-order valence-electron chi connectivity index (χ1n) is 11.5. The van der Waals surface area contributed by atoms with E-state index in [1.807, 2.05) is 19.1 Å². The number of hydrogen-bond acceptors (Lipinski definition) is 5. The van der Waals surface area contributed by atoms with Crippen molar-refractivity contribution in [2.75, 3.05) is 16.8 Å².